The molecule has 0 aromatic heterocycles. The molecule has 21 heavy (non-hydrogen) atoms. The van der Waals surface area contributed by atoms with Gasteiger partial charge in [-0.15, -0.1) is 0 Å². The molecule has 0 heterocycles. The van der Waals surface area contributed by atoms with Crippen molar-refractivity contribution >= 4 is 23.6 Å². The van der Waals surface area contributed by atoms with Gasteiger partial charge < -0.3 is 10.1 Å². The van der Waals surface area contributed by atoms with Crippen molar-refractivity contribution in [3.63, 3.8) is 0 Å². The van der Waals surface area contributed by atoms with E-state index in [-0.39, 0.29) is 12.4 Å². The van der Waals surface area contributed by atoms with Crippen LogP contribution in [0.15, 0.2) is 36.4 Å². The molecule has 0 aliphatic heterocycles. The highest BCUT2D eigenvalue weighted by molar-refractivity contribution is 6.35. The van der Waals surface area contributed by atoms with Crippen molar-refractivity contribution in [3.05, 3.63) is 63.7 Å². The standard InChI is InChI=1S/C17H16ClNO2/c1-11-3-4-12(2)17(7-11)21-10-13-8-14(18)5-6-15(13)16(20)9-19/h3-9,19H,10H2,1-2H3. The Morgan fingerprint density at radius 1 is 1.24 bits per heavy atom. The normalized spacial score (nSPS) is 10.2. The van der Waals surface area contributed by atoms with E-state index in [9.17, 15) is 4.79 Å². The predicted molar refractivity (Wildman–Crippen MR) is 84.8 cm³/mol. The highest BCUT2D eigenvalue weighted by Gasteiger charge is 2.11. The lowest BCUT2D eigenvalue weighted by atomic mass is 10.0. The summed E-state index contributed by atoms with van der Waals surface area (Å²) >= 11 is 5.98. The zero-order chi connectivity index (χ0) is 15.4. The third-order valence-corrected chi connectivity index (χ3v) is 3.43. The molecule has 0 fully saturated rings. The first kappa shape index (κ1) is 15.3. The number of rotatable bonds is 5. The van der Waals surface area contributed by atoms with Crippen LogP contribution >= 0.6 is 11.6 Å². The summed E-state index contributed by atoms with van der Waals surface area (Å²) in [7, 11) is 0. The molecule has 0 aliphatic carbocycles. The lowest BCUT2D eigenvalue weighted by Crippen LogP contribution is -2.07. The van der Waals surface area contributed by atoms with E-state index in [4.69, 9.17) is 21.7 Å². The summed E-state index contributed by atoms with van der Waals surface area (Å²) in [6.07, 6.45) is 0.796. The molecule has 4 heteroatoms. The van der Waals surface area contributed by atoms with Crippen LogP contribution in [0.3, 0.4) is 0 Å². The Labute approximate surface area is 129 Å². The van der Waals surface area contributed by atoms with E-state index in [2.05, 4.69) is 0 Å². The second-order valence-electron chi connectivity index (χ2n) is 4.87. The minimum Gasteiger partial charge on any atom is -0.489 e. The number of nitrogens with one attached hydrogen (secondary N) is 1. The summed E-state index contributed by atoms with van der Waals surface area (Å²) in [4.78, 5) is 11.7. The Hall–Kier alpha value is -2.13. The van der Waals surface area contributed by atoms with Crippen molar-refractivity contribution < 1.29 is 9.53 Å². The zero-order valence-corrected chi connectivity index (χ0v) is 12.7. The molecule has 3 nitrogen and oxygen atoms in total. The van der Waals surface area contributed by atoms with Gasteiger partial charge in [-0.3, -0.25) is 4.79 Å². The lowest BCUT2D eigenvalue weighted by Gasteiger charge is -2.12. The number of ketones is 1. The van der Waals surface area contributed by atoms with Crippen LogP contribution < -0.4 is 4.74 Å². The molecule has 0 spiro atoms. The predicted octanol–water partition coefficient (Wildman–Crippen LogP) is 4.37. The maximum atomic E-state index is 11.7. The smallest absolute Gasteiger partial charge is 0.203 e. The maximum Gasteiger partial charge on any atom is 0.203 e. The molecular weight excluding hydrogens is 286 g/mol. The van der Waals surface area contributed by atoms with Gasteiger partial charge in [0, 0.05) is 16.1 Å². The molecule has 0 bridgehead atoms. The number of carbonyl (C=O) groups is 1. The van der Waals surface area contributed by atoms with Gasteiger partial charge in [0.2, 0.25) is 5.78 Å². The van der Waals surface area contributed by atoms with Crippen LogP contribution in [0.1, 0.15) is 27.0 Å². The summed E-state index contributed by atoms with van der Waals surface area (Å²) in [5.41, 5.74) is 3.26. The van der Waals surface area contributed by atoms with Gasteiger partial charge in [-0.05, 0) is 49.2 Å². The Morgan fingerprint density at radius 2 is 2.00 bits per heavy atom. The van der Waals surface area contributed by atoms with Crippen molar-refractivity contribution in [1.29, 1.82) is 5.41 Å². The van der Waals surface area contributed by atoms with Crippen LogP contribution in [0, 0.1) is 19.3 Å². The summed E-state index contributed by atoms with van der Waals surface area (Å²) in [6.45, 7) is 4.20. The van der Waals surface area contributed by atoms with Crippen LogP contribution in [0.25, 0.3) is 0 Å². The van der Waals surface area contributed by atoms with Crippen molar-refractivity contribution in [1.82, 2.24) is 0 Å². The molecule has 1 N–H and O–H groups in total. The van der Waals surface area contributed by atoms with Gasteiger partial charge in [0.05, 0.1) is 6.21 Å². The molecule has 0 amide bonds. The van der Waals surface area contributed by atoms with Crippen molar-refractivity contribution in [3.8, 4) is 5.75 Å². The van der Waals surface area contributed by atoms with Gasteiger partial charge in [-0.25, -0.2) is 0 Å². The van der Waals surface area contributed by atoms with E-state index >= 15 is 0 Å². The van der Waals surface area contributed by atoms with E-state index in [0.29, 0.717) is 16.1 Å². The Balaban J connectivity index is 2.27. The summed E-state index contributed by atoms with van der Waals surface area (Å²) < 4.78 is 5.81. The number of halogens is 1. The van der Waals surface area contributed by atoms with E-state index in [1.54, 1.807) is 18.2 Å². The summed E-state index contributed by atoms with van der Waals surface area (Å²) in [5.74, 6) is 0.425. The molecule has 0 atom stereocenters. The van der Waals surface area contributed by atoms with E-state index in [1.165, 1.54) is 0 Å². The Kier molecular flexibility index (Phi) is 4.76. The quantitative estimate of drug-likeness (QED) is 0.658. The fraction of sp³-hybridized carbons (Fsp3) is 0.176. The Morgan fingerprint density at radius 3 is 2.71 bits per heavy atom. The van der Waals surface area contributed by atoms with E-state index < -0.39 is 0 Å². The number of aryl methyl sites for hydroxylation is 2. The van der Waals surface area contributed by atoms with Crippen LogP contribution in [-0.4, -0.2) is 12.0 Å². The van der Waals surface area contributed by atoms with Gasteiger partial charge in [-0.1, -0.05) is 23.7 Å². The first-order chi connectivity index (χ1) is 10.0. The number of hydrogen-bond donors (Lipinski definition) is 1. The average molecular weight is 302 g/mol. The average Bonchev–Trinajstić information content (AvgIpc) is 2.47. The highest BCUT2D eigenvalue weighted by Crippen LogP contribution is 2.23. The van der Waals surface area contributed by atoms with Crippen molar-refractivity contribution in [2.75, 3.05) is 0 Å². The van der Waals surface area contributed by atoms with E-state index in [1.807, 2.05) is 32.0 Å². The van der Waals surface area contributed by atoms with Gasteiger partial charge in [-0.2, -0.15) is 0 Å². The van der Waals surface area contributed by atoms with Crippen LogP contribution in [-0.2, 0) is 6.61 Å². The van der Waals surface area contributed by atoms with Crippen molar-refractivity contribution in [2.24, 2.45) is 0 Å². The van der Waals surface area contributed by atoms with Crippen molar-refractivity contribution in [2.45, 2.75) is 20.5 Å². The zero-order valence-electron chi connectivity index (χ0n) is 11.9. The third-order valence-electron chi connectivity index (χ3n) is 3.19. The van der Waals surface area contributed by atoms with Gasteiger partial charge in [0.15, 0.2) is 0 Å². The molecule has 2 rings (SSSR count). The number of ether oxygens (including phenoxy) is 1. The molecule has 2 aromatic carbocycles. The second kappa shape index (κ2) is 6.55. The van der Waals surface area contributed by atoms with Crippen LogP contribution in [0.5, 0.6) is 5.75 Å². The molecule has 0 saturated carbocycles. The molecule has 108 valence electrons. The van der Waals surface area contributed by atoms with Gasteiger partial charge >= 0.3 is 0 Å². The molecule has 2 aromatic rings. The first-order valence-corrected chi connectivity index (χ1v) is 6.92. The molecule has 0 radical (unpaired) electrons. The largest absolute Gasteiger partial charge is 0.489 e. The minimum atomic E-state index is -0.355. The van der Waals surface area contributed by atoms with Gasteiger partial charge in [0.1, 0.15) is 12.4 Å². The topological polar surface area (TPSA) is 50.2 Å². The maximum absolute atomic E-state index is 11.7. The number of Topliss-reactive ketones (excluding diaryl/α,β-unsaturated/α-hetero) is 1. The molecule has 0 aliphatic rings. The Bertz CT molecular complexity index is 695. The van der Waals surface area contributed by atoms with E-state index in [0.717, 1.165) is 23.1 Å². The number of carbonyl (C=O) groups excluding carboxylic acids is 1. The fourth-order valence-electron chi connectivity index (χ4n) is 2.02. The lowest BCUT2D eigenvalue weighted by molar-refractivity contribution is 0.106. The molecule has 0 saturated heterocycles. The monoisotopic (exact) mass is 301 g/mol. The SMILES string of the molecule is Cc1ccc(C)c(OCc2cc(Cl)ccc2C(=O)C=N)c1. The van der Waals surface area contributed by atoms with Gasteiger partial charge in [0.25, 0.3) is 0 Å². The second-order valence-corrected chi connectivity index (χ2v) is 5.30. The minimum absolute atomic E-state index is 0.236. The highest BCUT2D eigenvalue weighted by atomic mass is 35.5. The molecule has 0 unspecified atom stereocenters. The fourth-order valence-corrected chi connectivity index (χ4v) is 2.21. The summed E-state index contributed by atoms with van der Waals surface area (Å²) in [5, 5.41) is 7.64. The third kappa shape index (κ3) is 3.70. The number of benzene rings is 2. The van der Waals surface area contributed by atoms with Crippen LogP contribution in [0.4, 0.5) is 0 Å². The van der Waals surface area contributed by atoms with Crippen LogP contribution in [0.2, 0.25) is 5.02 Å². The molecular formula is C17H16ClNO2. The summed E-state index contributed by atoms with van der Waals surface area (Å²) in [6, 6.07) is 10.9. The number of hydrogen-bond acceptors (Lipinski definition) is 3. The first-order valence-electron chi connectivity index (χ1n) is 6.54.